The second kappa shape index (κ2) is 6.71. The molecule has 1 aromatic heterocycles. The molecular weight excluding hydrogens is 289 g/mol. The van der Waals surface area contributed by atoms with E-state index < -0.39 is 12.0 Å². The summed E-state index contributed by atoms with van der Waals surface area (Å²) in [5.41, 5.74) is 5.52. The van der Waals surface area contributed by atoms with Crippen LogP contribution in [0.2, 0.25) is 0 Å². The summed E-state index contributed by atoms with van der Waals surface area (Å²) in [6, 6.07) is 0.268. The van der Waals surface area contributed by atoms with Crippen molar-refractivity contribution in [2.75, 3.05) is 18.0 Å². The van der Waals surface area contributed by atoms with Crippen LogP contribution in [-0.4, -0.2) is 28.5 Å². The van der Waals surface area contributed by atoms with Crippen LogP contribution in [0.1, 0.15) is 44.3 Å². The Morgan fingerprint density at radius 3 is 2.50 bits per heavy atom. The summed E-state index contributed by atoms with van der Waals surface area (Å²) < 4.78 is 41.2. The first-order chi connectivity index (χ1) is 9.52. The summed E-state index contributed by atoms with van der Waals surface area (Å²) in [4.78, 5) is 5.65. The van der Waals surface area contributed by atoms with Gasteiger partial charge in [0.1, 0.15) is 0 Å². The number of hydrogen-bond donors (Lipinski definition) is 1. The average molecular weight is 308 g/mol. The standard InChI is InChI=1S/C12H19F3N4S/c13-12(14,15)10-17-11(20-18-10)19(8-4-7-16)9-5-2-1-3-6-9/h9H,1-8,16H2. The van der Waals surface area contributed by atoms with Gasteiger partial charge in [-0.25, -0.2) is 0 Å². The number of rotatable bonds is 5. The SMILES string of the molecule is NCCCN(c1nc(C(F)(F)F)ns1)C1CCCCC1. The molecule has 4 nitrogen and oxygen atoms in total. The minimum atomic E-state index is -4.47. The lowest BCUT2D eigenvalue weighted by Crippen LogP contribution is -2.38. The second-order valence-electron chi connectivity index (χ2n) is 5.03. The van der Waals surface area contributed by atoms with Gasteiger partial charge in [-0.1, -0.05) is 19.3 Å². The summed E-state index contributed by atoms with van der Waals surface area (Å²) in [6.07, 6.45) is 1.73. The van der Waals surface area contributed by atoms with Crippen LogP contribution in [0.5, 0.6) is 0 Å². The number of aromatic nitrogens is 2. The Bertz CT molecular complexity index is 415. The molecule has 0 spiro atoms. The van der Waals surface area contributed by atoms with E-state index in [0.29, 0.717) is 18.2 Å². The second-order valence-corrected chi connectivity index (χ2v) is 5.76. The van der Waals surface area contributed by atoms with Crippen LogP contribution in [0.4, 0.5) is 18.3 Å². The van der Waals surface area contributed by atoms with Crippen molar-refractivity contribution < 1.29 is 13.2 Å². The molecule has 0 unspecified atom stereocenters. The van der Waals surface area contributed by atoms with E-state index in [0.717, 1.165) is 43.6 Å². The van der Waals surface area contributed by atoms with E-state index in [2.05, 4.69) is 9.36 Å². The first-order valence-corrected chi connectivity index (χ1v) is 7.67. The number of nitrogens with two attached hydrogens (primary N) is 1. The van der Waals surface area contributed by atoms with E-state index in [4.69, 9.17) is 5.73 Å². The third kappa shape index (κ3) is 3.82. The Morgan fingerprint density at radius 2 is 1.95 bits per heavy atom. The Hall–Kier alpha value is -0.890. The molecule has 114 valence electrons. The highest BCUT2D eigenvalue weighted by Gasteiger charge is 2.37. The molecule has 8 heteroatoms. The largest absolute Gasteiger partial charge is 0.452 e. The molecular formula is C12H19F3N4S. The Balaban J connectivity index is 2.14. The van der Waals surface area contributed by atoms with Gasteiger partial charge in [0.25, 0.3) is 0 Å². The summed E-state index contributed by atoms with van der Waals surface area (Å²) in [5, 5.41) is 0.373. The van der Waals surface area contributed by atoms with Gasteiger partial charge in [-0.3, -0.25) is 0 Å². The Kier molecular flexibility index (Phi) is 5.20. The fourth-order valence-corrected chi connectivity index (χ4v) is 3.32. The van der Waals surface area contributed by atoms with E-state index in [1.165, 1.54) is 6.42 Å². The maximum absolute atomic E-state index is 12.6. The third-order valence-electron chi connectivity index (χ3n) is 3.53. The highest BCUT2D eigenvalue weighted by atomic mass is 32.1. The molecule has 0 saturated heterocycles. The summed E-state index contributed by atoms with van der Waals surface area (Å²) in [6.45, 7) is 1.17. The van der Waals surface area contributed by atoms with E-state index in [9.17, 15) is 13.2 Å². The zero-order valence-corrected chi connectivity index (χ0v) is 12.0. The van der Waals surface area contributed by atoms with Gasteiger partial charge >= 0.3 is 6.18 Å². The lowest BCUT2D eigenvalue weighted by atomic mass is 9.94. The van der Waals surface area contributed by atoms with Gasteiger partial charge in [-0.15, -0.1) is 0 Å². The smallest absolute Gasteiger partial charge is 0.344 e. The van der Waals surface area contributed by atoms with Gasteiger partial charge in [0.05, 0.1) is 0 Å². The number of alkyl halides is 3. The number of nitrogens with zero attached hydrogens (tertiary/aromatic N) is 3. The van der Waals surface area contributed by atoms with Crippen LogP contribution < -0.4 is 10.6 Å². The Morgan fingerprint density at radius 1 is 1.25 bits per heavy atom. The van der Waals surface area contributed by atoms with Crippen LogP contribution in [0.25, 0.3) is 0 Å². The molecule has 1 saturated carbocycles. The van der Waals surface area contributed by atoms with Crippen molar-refractivity contribution in [3.63, 3.8) is 0 Å². The third-order valence-corrected chi connectivity index (χ3v) is 4.29. The van der Waals surface area contributed by atoms with Gasteiger partial charge < -0.3 is 10.6 Å². The number of anilines is 1. The lowest BCUT2D eigenvalue weighted by molar-refractivity contribution is -0.144. The predicted octanol–water partition coefficient (Wildman–Crippen LogP) is 3.04. The highest BCUT2D eigenvalue weighted by molar-refractivity contribution is 7.09. The minimum absolute atomic E-state index is 0.268. The van der Waals surface area contributed by atoms with Gasteiger partial charge in [0.15, 0.2) is 0 Å². The molecule has 0 radical (unpaired) electrons. The van der Waals surface area contributed by atoms with Crippen LogP contribution in [0.15, 0.2) is 0 Å². The van der Waals surface area contributed by atoms with E-state index in [1.807, 2.05) is 4.90 Å². The fourth-order valence-electron chi connectivity index (χ4n) is 2.54. The summed E-state index contributed by atoms with van der Waals surface area (Å²) in [5.74, 6) is -1.04. The average Bonchev–Trinajstić information content (AvgIpc) is 2.90. The van der Waals surface area contributed by atoms with E-state index in [1.54, 1.807) is 0 Å². The van der Waals surface area contributed by atoms with Gasteiger partial charge in [0, 0.05) is 24.1 Å². The van der Waals surface area contributed by atoms with Crippen LogP contribution in [0.3, 0.4) is 0 Å². The van der Waals surface area contributed by atoms with Crippen molar-refractivity contribution in [1.82, 2.24) is 9.36 Å². The van der Waals surface area contributed by atoms with Gasteiger partial charge in [0.2, 0.25) is 11.0 Å². The van der Waals surface area contributed by atoms with E-state index in [-0.39, 0.29) is 6.04 Å². The minimum Gasteiger partial charge on any atom is -0.344 e. The molecule has 0 atom stereocenters. The lowest BCUT2D eigenvalue weighted by Gasteiger charge is -2.33. The van der Waals surface area contributed by atoms with Crippen molar-refractivity contribution in [2.24, 2.45) is 5.73 Å². The van der Waals surface area contributed by atoms with Crippen molar-refractivity contribution in [1.29, 1.82) is 0 Å². The highest BCUT2D eigenvalue weighted by Crippen LogP contribution is 2.33. The van der Waals surface area contributed by atoms with Crippen LogP contribution in [0, 0.1) is 0 Å². The monoisotopic (exact) mass is 308 g/mol. The molecule has 1 aliphatic carbocycles. The molecule has 20 heavy (non-hydrogen) atoms. The van der Waals surface area contributed by atoms with E-state index >= 15 is 0 Å². The van der Waals surface area contributed by atoms with Gasteiger partial charge in [-0.2, -0.15) is 22.5 Å². The first kappa shape index (κ1) is 15.5. The molecule has 1 heterocycles. The number of hydrogen-bond acceptors (Lipinski definition) is 5. The molecule has 1 aliphatic rings. The topological polar surface area (TPSA) is 55.0 Å². The maximum Gasteiger partial charge on any atom is 0.452 e. The Labute approximate surface area is 120 Å². The van der Waals surface area contributed by atoms with Crippen molar-refractivity contribution in [2.45, 2.75) is 50.7 Å². The molecule has 1 aromatic rings. The van der Waals surface area contributed by atoms with Crippen molar-refractivity contribution in [3.05, 3.63) is 5.82 Å². The quantitative estimate of drug-likeness (QED) is 0.908. The van der Waals surface area contributed by atoms with Crippen molar-refractivity contribution >= 4 is 16.7 Å². The van der Waals surface area contributed by atoms with Crippen LogP contribution >= 0.6 is 11.5 Å². The van der Waals surface area contributed by atoms with Gasteiger partial charge in [-0.05, 0) is 25.8 Å². The zero-order valence-electron chi connectivity index (χ0n) is 11.2. The molecule has 0 amide bonds. The number of halogens is 3. The normalized spacial score (nSPS) is 17.4. The zero-order chi connectivity index (χ0) is 14.6. The fraction of sp³-hybridized carbons (Fsp3) is 0.833. The summed E-state index contributed by atoms with van der Waals surface area (Å²) in [7, 11) is 0. The molecule has 1 fully saturated rings. The molecule has 0 aliphatic heterocycles. The van der Waals surface area contributed by atoms with Crippen molar-refractivity contribution in [3.8, 4) is 0 Å². The summed E-state index contributed by atoms with van der Waals surface area (Å²) >= 11 is 0.833. The predicted molar refractivity (Wildman–Crippen MR) is 72.8 cm³/mol. The molecule has 0 bridgehead atoms. The molecule has 0 aromatic carbocycles. The first-order valence-electron chi connectivity index (χ1n) is 6.90. The maximum atomic E-state index is 12.6. The molecule has 2 rings (SSSR count). The molecule has 2 N–H and O–H groups in total. The van der Waals surface area contributed by atoms with Crippen LogP contribution in [-0.2, 0) is 6.18 Å².